The Morgan fingerprint density at radius 3 is 2.27 bits per heavy atom. The largest absolute Gasteiger partial charge is 0.494 e. The Balaban J connectivity index is 1.83. The minimum Gasteiger partial charge on any atom is -0.494 e. The maximum absolute atomic E-state index is 13.4. The van der Waals surface area contributed by atoms with Gasteiger partial charge in [-0.05, 0) is 56.7 Å². The number of aryl methyl sites for hydroxylation is 2. The van der Waals surface area contributed by atoms with E-state index in [-0.39, 0.29) is 11.6 Å². The van der Waals surface area contributed by atoms with Gasteiger partial charge in [0.05, 0.1) is 25.6 Å². The van der Waals surface area contributed by atoms with Gasteiger partial charge in [-0.25, -0.2) is 8.42 Å². The normalized spacial score (nSPS) is 13.1. The molecule has 0 aliphatic rings. The number of nitrogens with one attached hydrogen (secondary N) is 1. The van der Waals surface area contributed by atoms with Crippen molar-refractivity contribution in [3.05, 3.63) is 65.7 Å². The fourth-order valence-electron chi connectivity index (χ4n) is 3.68. The smallest absolute Gasteiger partial charge is 0.243 e. The molecule has 194 valence electrons. The molecule has 2 N–H and O–H groups in total. The van der Waals surface area contributed by atoms with E-state index >= 15 is 0 Å². The van der Waals surface area contributed by atoms with Gasteiger partial charge in [-0.1, -0.05) is 6.07 Å². The number of ether oxygens (including phenoxy) is 2. The number of para-hydroxylation sites is 1. The molecule has 0 bridgehead atoms. The van der Waals surface area contributed by atoms with E-state index in [9.17, 15) is 13.5 Å². The second-order valence-corrected chi connectivity index (χ2v) is 10.4. The zero-order valence-corrected chi connectivity index (χ0v) is 21.8. The monoisotopic (exact) mass is 525 g/mol. The van der Waals surface area contributed by atoms with Gasteiger partial charge < -0.3 is 14.6 Å². The topological polar surface area (TPSA) is 154 Å². The summed E-state index contributed by atoms with van der Waals surface area (Å²) >= 11 is 0. The minimum absolute atomic E-state index is 0.128. The van der Waals surface area contributed by atoms with Crippen LogP contribution in [0.2, 0.25) is 0 Å². The molecular formula is C24H27N7O5S. The molecule has 0 aliphatic carbocycles. The summed E-state index contributed by atoms with van der Waals surface area (Å²) in [6.07, 6.45) is 1.84. The fraction of sp³-hybridized carbons (Fsp3) is 0.292. The van der Waals surface area contributed by atoms with Crippen LogP contribution in [0.25, 0.3) is 17.1 Å². The predicted octanol–water partition coefficient (Wildman–Crippen LogP) is 2.62. The number of anilines is 1. The number of benzene rings is 1. The fourth-order valence-corrected chi connectivity index (χ4v) is 4.73. The van der Waals surface area contributed by atoms with Crippen LogP contribution in [0, 0.1) is 13.8 Å². The highest BCUT2D eigenvalue weighted by Gasteiger charge is 2.33. The van der Waals surface area contributed by atoms with Crippen molar-refractivity contribution in [2.24, 2.45) is 0 Å². The highest BCUT2D eigenvalue weighted by atomic mass is 32.2. The van der Waals surface area contributed by atoms with E-state index in [0.29, 0.717) is 34.3 Å². The predicted molar refractivity (Wildman–Crippen MR) is 136 cm³/mol. The molecule has 0 saturated heterocycles. The molecule has 0 spiro atoms. The van der Waals surface area contributed by atoms with Crippen LogP contribution in [0.3, 0.4) is 0 Å². The molecule has 4 aromatic rings. The first kappa shape index (κ1) is 26.0. The van der Waals surface area contributed by atoms with Crippen LogP contribution in [-0.2, 0) is 10.0 Å². The van der Waals surface area contributed by atoms with Crippen LogP contribution in [0.15, 0.2) is 48.8 Å². The number of aromatic nitrogens is 6. The third-order valence-electron chi connectivity index (χ3n) is 5.71. The Labute approximate surface area is 214 Å². The summed E-state index contributed by atoms with van der Waals surface area (Å²) in [6, 6.07) is 10.2. The van der Waals surface area contributed by atoms with Crippen LogP contribution in [0.5, 0.6) is 11.5 Å². The number of sulfonamides is 1. The molecule has 2 atom stereocenters. The number of aliphatic hydroxyl groups excluding tert-OH is 1. The third-order valence-corrected chi connectivity index (χ3v) is 7.41. The van der Waals surface area contributed by atoms with Crippen molar-refractivity contribution in [3.63, 3.8) is 0 Å². The summed E-state index contributed by atoms with van der Waals surface area (Å²) in [5.74, 6) is 0.955. The Morgan fingerprint density at radius 2 is 1.68 bits per heavy atom. The van der Waals surface area contributed by atoms with E-state index in [1.54, 1.807) is 43.6 Å². The Kier molecular flexibility index (Phi) is 7.36. The van der Waals surface area contributed by atoms with Gasteiger partial charge >= 0.3 is 0 Å². The van der Waals surface area contributed by atoms with Crippen LogP contribution in [0.4, 0.5) is 5.95 Å². The van der Waals surface area contributed by atoms with Crippen molar-refractivity contribution in [2.75, 3.05) is 18.9 Å². The van der Waals surface area contributed by atoms with Crippen molar-refractivity contribution in [2.45, 2.75) is 32.1 Å². The molecule has 12 nitrogen and oxygen atoms in total. The third kappa shape index (κ3) is 5.22. The zero-order chi connectivity index (χ0) is 26.7. The molecule has 4 rings (SSSR count). The van der Waals surface area contributed by atoms with Gasteiger partial charge in [0.2, 0.25) is 16.0 Å². The second-order valence-electron chi connectivity index (χ2n) is 8.34. The summed E-state index contributed by atoms with van der Waals surface area (Å²) < 4.78 is 41.9. The number of hydrogen-bond donors (Lipinski definition) is 2. The van der Waals surface area contributed by atoms with Gasteiger partial charge in [-0.15, -0.1) is 10.2 Å². The van der Waals surface area contributed by atoms with Crippen LogP contribution < -0.4 is 14.2 Å². The standard InChI is InChI=1S/C24H27N7O5S/c1-14-11-17(13-25-12-14)23-28-29-24(31(23)21-19(35-4)7-6-8-20(21)36-5)30-37(33,34)16(3)22(32)18-10-9-15(2)26-27-18/h6-13,16,22,32H,1-5H3,(H,29,30)/t16-,22+/m0/s1. The maximum Gasteiger partial charge on any atom is 0.243 e. The van der Waals surface area contributed by atoms with E-state index < -0.39 is 21.4 Å². The van der Waals surface area contributed by atoms with E-state index in [1.165, 1.54) is 31.8 Å². The van der Waals surface area contributed by atoms with Gasteiger partial charge in [0.15, 0.2) is 5.82 Å². The van der Waals surface area contributed by atoms with Crippen LogP contribution in [-0.4, -0.2) is 62.9 Å². The highest BCUT2D eigenvalue weighted by molar-refractivity contribution is 7.93. The lowest BCUT2D eigenvalue weighted by molar-refractivity contribution is 0.170. The van der Waals surface area contributed by atoms with Crippen LogP contribution in [0.1, 0.15) is 30.0 Å². The molecule has 3 aromatic heterocycles. The molecule has 0 unspecified atom stereocenters. The summed E-state index contributed by atoms with van der Waals surface area (Å²) in [7, 11) is -1.23. The Morgan fingerprint density at radius 1 is 0.973 bits per heavy atom. The molecule has 0 amide bonds. The van der Waals surface area contributed by atoms with Gasteiger partial charge in [-0.3, -0.25) is 14.3 Å². The van der Waals surface area contributed by atoms with Gasteiger partial charge in [0.1, 0.15) is 28.5 Å². The number of hydrogen-bond acceptors (Lipinski definition) is 10. The molecule has 3 heterocycles. The minimum atomic E-state index is -4.21. The van der Waals surface area contributed by atoms with E-state index in [0.717, 1.165) is 5.56 Å². The summed E-state index contributed by atoms with van der Waals surface area (Å²) in [5, 5.41) is 25.7. The summed E-state index contributed by atoms with van der Waals surface area (Å²) in [4.78, 5) is 4.23. The number of aliphatic hydroxyl groups is 1. The first-order valence-corrected chi connectivity index (χ1v) is 12.8. The zero-order valence-electron chi connectivity index (χ0n) is 20.9. The van der Waals surface area contributed by atoms with Gasteiger partial charge in [0, 0.05) is 18.0 Å². The molecule has 13 heteroatoms. The lowest BCUT2D eigenvalue weighted by Crippen LogP contribution is -2.32. The number of methoxy groups -OCH3 is 2. The first-order valence-electron chi connectivity index (χ1n) is 11.2. The SMILES string of the molecule is COc1cccc(OC)c1-n1c(NS(=O)(=O)[C@@H](C)[C@@H](O)c2ccc(C)nn2)nnc1-c1cncc(C)c1. The van der Waals surface area contributed by atoms with Gasteiger partial charge in [0.25, 0.3) is 0 Å². The van der Waals surface area contributed by atoms with Gasteiger partial charge in [-0.2, -0.15) is 10.2 Å². The lowest BCUT2D eigenvalue weighted by atomic mass is 10.2. The Hall–Kier alpha value is -4.10. The number of nitrogens with zero attached hydrogens (tertiary/aromatic N) is 6. The van der Waals surface area contributed by atoms with Crippen molar-refractivity contribution in [1.82, 2.24) is 29.9 Å². The van der Waals surface area contributed by atoms with Crippen molar-refractivity contribution < 1.29 is 23.0 Å². The molecule has 0 aliphatic heterocycles. The van der Waals surface area contributed by atoms with E-state index in [4.69, 9.17) is 9.47 Å². The summed E-state index contributed by atoms with van der Waals surface area (Å²) in [5.41, 5.74) is 2.61. The molecule has 0 saturated carbocycles. The molecular weight excluding hydrogens is 498 g/mol. The molecule has 0 radical (unpaired) electrons. The van der Waals surface area contributed by atoms with Crippen LogP contribution >= 0.6 is 0 Å². The van der Waals surface area contributed by atoms with Crippen molar-refractivity contribution in [3.8, 4) is 28.6 Å². The maximum atomic E-state index is 13.4. The average Bonchev–Trinajstić information content (AvgIpc) is 3.29. The van der Waals surface area contributed by atoms with Crippen molar-refractivity contribution >= 4 is 16.0 Å². The Bertz CT molecular complexity index is 1480. The highest BCUT2D eigenvalue weighted by Crippen LogP contribution is 2.38. The molecule has 1 aromatic carbocycles. The lowest BCUT2D eigenvalue weighted by Gasteiger charge is -2.21. The number of rotatable bonds is 9. The van der Waals surface area contributed by atoms with E-state index in [2.05, 4.69) is 30.1 Å². The summed E-state index contributed by atoms with van der Waals surface area (Å²) in [6.45, 7) is 4.98. The number of pyridine rings is 1. The quantitative estimate of drug-likeness (QED) is 0.333. The first-order chi connectivity index (χ1) is 17.7. The average molecular weight is 526 g/mol. The second kappa shape index (κ2) is 10.5. The van der Waals surface area contributed by atoms with Crippen molar-refractivity contribution in [1.29, 1.82) is 0 Å². The molecule has 0 fully saturated rings. The molecule has 37 heavy (non-hydrogen) atoms. The van der Waals surface area contributed by atoms with E-state index in [1.807, 2.05) is 13.0 Å².